The molecular formula is C12H22N2O2. The Morgan fingerprint density at radius 2 is 2.25 bits per heavy atom. The summed E-state index contributed by atoms with van der Waals surface area (Å²) in [6.45, 7) is 7.98. The van der Waals surface area contributed by atoms with Gasteiger partial charge < -0.3 is 15.0 Å². The number of piperidine rings is 1. The van der Waals surface area contributed by atoms with E-state index in [1.807, 2.05) is 11.9 Å². The smallest absolute Gasteiger partial charge is 0.242 e. The monoisotopic (exact) mass is 226 g/mol. The third kappa shape index (κ3) is 1.64. The maximum Gasteiger partial charge on any atom is 0.242 e. The molecule has 16 heavy (non-hydrogen) atoms. The van der Waals surface area contributed by atoms with E-state index in [2.05, 4.69) is 26.1 Å². The van der Waals surface area contributed by atoms with Crippen molar-refractivity contribution in [3.63, 3.8) is 0 Å². The van der Waals surface area contributed by atoms with E-state index in [-0.39, 0.29) is 23.6 Å². The summed E-state index contributed by atoms with van der Waals surface area (Å²) >= 11 is 0. The number of fused-ring (bicyclic) bond motifs is 1. The molecule has 2 fully saturated rings. The molecule has 0 aliphatic carbocycles. The first kappa shape index (κ1) is 11.9. The number of carbonyl (C=O) groups excluding carboxylic acids is 1. The van der Waals surface area contributed by atoms with Crippen LogP contribution < -0.4 is 5.32 Å². The van der Waals surface area contributed by atoms with E-state index in [1.54, 1.807) is 0 Å². The van der Waals surface area contributed by atoms with Crippen LogP contribution in [0.3, 0.4) is 0 Å². The predicted octanol–water partition coefficient (Wildman–Crippen LogP) is 0.620. The Morgan fingerprint density at radius 1 is 1.56 bits per heavy atom. The van der Waals surface area contributed by atoms with Crippen LogP contribution in [0.5, 0.6) is 0 Å². The van der Waals surface area contributed by atoms with Gasteiger partial charge in [0.15, 0.2) is 0 Å². The fourth-order valence-corrected chi connectivity index (χ4v) is 2.70. The van der Waals surface area contributed by atoms with Gasteiger partial charge in [0.05, 0.1) is 12.7 Å². The lowest BCUT2D eigenvalue weighted by Gasteiger charge is -2.52. The lowest BCUT2D eigenvalue weighted by atomic mass is 9.76. The first-order valence-corrected chi connectivity index (χ1v) is 6.09. The SMILES string of the molecule is CC(C)C1(C)CC2OCCNC2C(=O)N1C. The van der Waals surface area contributed by atoms with Crippen LogP contribution in [0.1, 0.15) is 27.2 Å². The van der Waals surface area contributed by atoms with Crippen LogP contribution in [-0.2, 0) is 9.53 Å². The van der Waals surface area contributed by atoms with Crippen molar-refractivity contribution in [2.45, 2.75) is 44.9 Å². The molecule has 2 aliphatic heterocycles. The number of ether oxygens (including phenoxy) is 1. The van der Waals surface area contributed by atoms with Crippen molar-refractivity contribution in [1.82, 2.24) is 10.2 Å². The average Bonchev–Trinajstić information content (AvgIpc) is 2.26. The molecule has 2 aliphatic rings. The zero-order valence-corrected chi connectivity index (χ0v) is 10.6. The third-order valence-electron chi connectivity index (χ3n) is 4.39. The Morgan fingerprint density at radius 3 is 2.88 bits per heavy atom. The van der Waals surface area contributed by atoms with E-state index < -0.39 is 0 Å². The molecule has 1 N–H and O–H groups in total. The molecule has 4 heteroatoms. The maximum atomic E-state index is 12.3. The molecule has 0 radical (unpaired) electrons. The largest absolute Gasteiger partial charge is 0.375 e. The summed E-state index contributed by atoms with van der Waals surface area (Å²) in [6, 6.07) is -0.134. The van der Waals surface area contributed by atoms with Gasteiger partial charge in [0.1, 0.15) is 6.04 Å². The van der Waals surface area contributed by atoms with Crippen LogP contribution in [0.2, 0.25) is 0 Å². The number of rotatable bonds is 1. The number of hydrogen-bond acceptors (Lipinski definition) is 3. The Bertz CT molecular complexity index is 293. The van der Waals surface area contributed by atoms with Gasteiger partial charge in [-0.15, -0.1) is 0 Å². The van der Waals surface area contributed by atoms with E-state index in [0.717, 1.165) is 13.0 Å². The van der Waals surface area contributed by atoms with Gasteiger partial charge in [-0.2, -0.15) is 0 Å². The van der Waals surface area contributed by atoms with Crippen LogP contribution >= 0.6 is 0 Å². The summed E-state index contributed by atoms with van der Waals surface area (Å²) in [5.74, 6) is 0.611. The zero-order valence-electron chi connectivity index (χ0n) is 10.6. The number of carbonyl (C=O) groups is 1. The van der Waals surface area contributed by atoms with Crippen LogP contribution in [-0.4, -0.2) is 48.7 Å². The number of amides is 1. The normalized spacial score (nSPS) is 40.1. The minimum atomic E-state index is -0.134. The molecule has 4 nitrogen and oxygen atoms in total. The summed E-state index contributed by atoms with van der Waals surface area (Å²) in [7, 11) is 1.91. The van der Waals surface area contributed by atoms with Crippen molar-refractivity contribution in [3.05, 3.63) is 0 Å². The topological polar surface area (TPSA) is 41.6 Å². The first-order valence-electron chi connectivity index (χ1n) is 6.09. The van der Waals surface area contributed by atoms with E-state index in [1.165, 1.54) is 0 Å². The lowest BCUT2D eigenvalue weighted by Crippen LogP contribution is -2.68. The fraction of sp³-hybridized carbons (Fsp3) is 0.917. The fourth-order valence-electron chi connectivity index (χ4n) is 2.70. The molecule has 3 atom stereocenters. The highest BCUT2D eigenvalue weighted by atomic mass is 16.5. The standard InChI is InChI=1S/C12H22N2O2/c1-8(2)12(3)7-9-10(11(15)14(12)4)13-5-6-16-9/h8-10,13H,5-7H2,1-4H3. The Balaban J connectivity index is 2.24. The highest BCUT2D eigenvalue weighted by Gasteiger charge is 2.49. The zero-order chi connectivity index (χ0) is 11.9. The third-order valence-corrected chi connectivity index (χ3v) is 4.39. The van der Waals surface area contributed by atoms with Crippen LogP contribution in [0.4, 0.5) is 0 Å². The van der Waals surface area contributed by atoms with Crippen LogP contribution in [0.15, 0.2) is 0 Å². The van der Waals surface area contributed by atoms with E-state index in [9.17, 15) is 4.79 Å². The average molecular weight is 226 g/mol. The predicted molar refractivity (Wildman–Crippen MR) is 62.2 cm³/mol. The van der Waals surface area contributed by atoms with Crippen LogP contribution in [0, 0.1) is 5.92 Å². The van der Waals surface area contributed by atoms with Gasteiger partial charge >= 0.3 is 0 Å². The summed E-state index contributed by atoms with van der Waals surface area (Å²) < 4.78 is 5.74. The number of likely N-dealkylation sites (tertiary alicyclic amines) is 1. The second-order valence-electron chi connectivity index (χ2n) is 5.45. The van der Waals surface area contributed by atoms with Crippen molar-refractivity contribution >= 4 is 5.91 Å². The van der Waals surface area contributed by atoms with E-state index in [4.69, 9.17) is 4.74 Å². The van der Waals surface area contributed by atoms with Gasteiger partial charge in [-0.1, -0.05) is 13.8 Å². The minimum absolute atomic E-state index is 0.0462. The summed E-state index contributed by atoms with van der Waals surface area (Å²) in [5.41, 5.74) is -0.0860. The van der Waals surface area contributed by atoms with Gasteiger partial charge in [0.2, 0.25) is 5.91 Å². The first-order chi connectivity index (χ1) is 7.47. The van der Waals surface area contributed by atoms with Gasteiger partial charge in [0.25, 0.3) is 0 Å². The summed E-state index contributed by atoms with van der Waals surface area (Å²) in [6.07, 6.45) is 0.967. The molecule has 0 aromatic heterocycles. The molecule has 1 amide bonds. The number of morpholine rings is 1. The number of nitrogens with one attached hydrogen (secondary N) is 1. The van der Waals surface area contributed by atoms with Crippen molar-refractivity contribution in [1.29, 1.82) is 0 Å². The lowest BCUT2D eigenvalue weighted by molar-refractivity contribution is -0.160. The summed E-state index contributed by atoms with van der Waals surface area (Å²) in [4.78, 5) is 14.2. The molecule has 0 aromatic rings. The molecule has 2 heterocycles. The molecule has 2 saturated heterocycles. The van der Waals surface area contributed by atoms with Gasteiger partial charge in [-0.3, -0.25) is 4.79 Å². The van der Waals surface area contributed by atoms with Crippen molar-refractivity contribution < 1.29 is 9.53 Å². The molecular weight excluding hydrogens is 204 g/mol. The van der Waals surface area contributed by atoms with Crippen molar-refractivity contribution in [3.8, 4) is 0 Å². The molecule has 0 spiro atoms. The molecule has 0 saturated carbocycles. The quantitative estimate of drug-likeness (QED) is 0.712. The van der Waals surface area contributed by atoms with Crippen LogP contribution in [0.25, 0.3) is 0 Å². The van der Waals surface area contributed by atoms with E-state index >= 15 is 0 Å². The van der Waals surface area contributed by atoms with Gasteiger partial charge in [-0.25, -0.2) is 0 Å². The second-order valence-corrected chi connectivity index (χ2v) is 5.45. The Kier molecular flexibility index (Phi) is 2.97. The Hall–Kier alpha value is -0.610. The summed E-state index contributed by atoms with van der Waals surface area (Å²) in [5, 5.41) is 3.26. The highest BCUT2D eigenvalue weighted by Crippen LogP contribution is 2.35. The maximum absolute atomic E-state index is 12.3. The Labute approximate surface area is 97.3 Å². The molecule has 2 rings (SSSR count). The van der Waals surface area contributed by atoms with Crippen molar-refractivity contribution in [2.75, 3.05) is 20.2 Å². The highest BCUT2D eigenvalue weighted by molar-refractivity contribution is 5.84. The molecule has 0 bridgehead atoms. The second kappa shape index (κ2) is 4.00. The van der Waals surface area contributed by atoms with Gasteiger partial charge in [-0.05, 0) is 19.3 Å². The number of hydrogen-bond donors (Lipinski definition) is 1. The molecule has 3 unspecified atom stereocenters. The molecule has 92 valence electrons. The van der Waals surface area contributed by atoms with Crippen molar-refractivity contribution in [2.24, 2.45) is 5.92 Å². The number of likely N-dealkylation sites (N-methyl/N-ethyl adjacent to an activating group) is 1. The van der Waals surface area contributed by atoms with E-state index in [0.29, 0.717) is 12.5 Å². The van der Waals surface area contributed by atoms with Gasteiger partial charge in [0, 0.05) is 19.1 Å². The molecule has 0 aromatic carbocycles. The minimum Gasteiger partial charge on any atom is -0.375 e. The number of nitrogens with zero attached hydrogens (tertiary/aromatic N) is 1.